The molecule has 0 fully saturated rings. The number of carbonyl (C=O) groups is 1. The van der Waals surface area contributed by atoms with Gasteiger partial charge in [0.05, 0.1) is 4.90 Å². The van der Waals surface area contributed by atoms with Gasteiger partial charge in [0.25, 0.3) is 0 Å². The monoisotopic (exact) mass is 337 g/mol. The Labute approximate surface area is 137 Å². The number of carbonyl (C=O) groups excluding carboxylic acids is 1. The van der Waals surface area contributed by atoms with Gasteiger partial charge < -0.3 is 10.6 Å². The molecule has 0 radical (unpaired) electrons. The second-order valence-electron chi connectivity index (χ2n) is 5.66. The van der Waals surface area contributed by atoms with Crippen LogP contribution in [0.2, 0.25) is 0 Å². The van der Waals surface area contributed by atoms with E-state index in [1.54, 1.807) is 12.1 Å². The fraction of sp³-hybridized carbons (Fsp3) is 0.438. The lowest BCUT2D eigenvalue weighted by molar-refractivity contribution is 0.240. The third kappa shape index (κ3) is 6.03. The Bertz CT molecular complexity index is 666. The summed E-state index contributed by atoms with van der Waals surface area (Å²) in [6.07, 6.45) is 7.97. The summed E-state index contributed by atoms with van der Waals surface area (Å²) in [7, 11) is -3.68. The molecule has 1 aliphatic carbocycles. The van der Waals surface area contributed by atoms with Crippen LogP contribution in [0.25, 0.3) is 0 Å². The standard InChI is InChI=1S/C16H23N3O3S/c17-23(21,22)15-8-6-14(7-9-15)12-19-16(20)18-11-10-13-4-2-1-3-5-13/h4,6-9H,1-3,5,10-12H2,(H2,17,21,22)(H2,18,19,20). The maximum Gasteiger partial charge on any atom is 0.315 e. The molecule has 0 saturated heterocycles. The minimum atomic E-state index is -3.68. The molecule has 0 atom stereocenters. The number of allylic oxidation sites excluding steroid dienone is 1. The predicted octanol–water partition coefficient (Wildman–Crippen LogP) is 2.02. The molecule has 0 aliphatic heterocycles. The van der Waals surface area contributed by atoms with Gasteiger partial charge in [0, 0.05) is 13.1 Å². The van der Waals surface area contributed by atoms with Crippen LogP contribution < -0.4 is 15.8 Å². The smallest absolute Gasteiger partial charge is 0.315 e. The van der Waals surface area contributed by atoms with E-state index in [0.717, 1.165) is 24.8 Å². The van der Waals surface area contributed by atoms with E-state index in [9.17, 15) is 13.2 Å². The molecule has 4 N–H and O–H groups in total. The molecule has 0 saturated carbocycles. The average molecular weight is 337 g/mol. The summed E-state index contributed by atoms with van der Waals surface area (Å²) in [6.45, 7) is 0.960. The van der Waals surface area contributed by atoms with E-state index in [1.807, 2.05) is 0 Å². The quantitative estimate of drug-likeness (QED) is 0.692. The summed E-state index contributed by atoms with van der Waals surface area (Å²) in [4.78, 5) is 11.8. The first-order chi connectivity index (χ1) is 10.9. The van der Waals surface area contributed by atoms with Gasteiger partial charge in [0.1, 0.15) is 0 Å². The van der Waals surface area contributed by atoms with Gasteiger partial charge in [-0.25, -0.2) is 18.4 Å². The molecule has 23 heavy (non-hydrogen) atoms. The topological polar surface area (TPSA) is 101 Å². The van der Waals surface area contributed by atoms with Gasteiger partial charge in [-0.15, -0.1) is 0 Å². The lowest BCUT2D eigenvalue weighted by atomic mass is 9.97. The molecule has 0 heterocycles. The van der Waals surface area contributed by atoms with Gasteiger partial charge in [-0.05, 0) is 49.8 Å². The number of hydrogen-bond acceptors (Lipinski definition) is 3. The Morgan fingerprint density at radius 3 is 2.48 bits per heavy atom. The summed E-state index contributed by atoms with van der Waals surface area (Å²) in [5.41, 5.74) is 2.23. The summed E-state index contributed by atoms with van der Waals surface area (Å²) < 4.78 is 22.3. The molecular weight excluding hydrogens is 314 g/mol. The van der Waals surface area contributed by atoms with E-state index < -0.39 is 10.0 Å². The summed E-state index contributed by atoms with van der Waals surface area (Å²) in [5, 5.41) is 10.6. The predicted molar refractivity (Wildman–Crippen MR) is 89.2 cm³/mol. The van der Waals surface area contributed by atoms with Crippen molar-refractivity contribution in [2.75, 3.05) is 6.54 Å². The highest BCUT2D eigenvalue weighted by molar-refractivity contribution is 7.89. The van der Waals surface area contributed by atoms with Crippen LogP contribution in [0.1, 0.15) is 37.7 Å². The van der Waals surface area contributed by atoms with E-state index in [-0.39, 0.29) is 10.9 Å². The van der Waals surface area contributed by atoms with Crippen LogP contribution in [0.15, 0.2) is 40.8 Å². The number of nitrogens with two attached hydrogens (primary N) is 1. The van der Waals surface area contributed by atoms with Crippen LogP contribution >= 0.6 is 0 Å². The first-order valence-electron chi connectivity index (χ1n) is 7.76. The molecule has 6 nitrogen and oxygen atoms in total. The number of benzene rings is 1. The third-order valence-corrected chi connectivity index (χ3v) is 4.75. The van der Waals surface area contributed by atoms with Crippen LogP contribution in [0.3, 0.4) is 0 Å². The lowest BCUT2D eigenvalue weighted by Crippen LogP contribution is -2.35. The fourth-order valence-corrected chi connectivity index (χ4v) is 3.03. The number of primary sulfonamides is 1. The highest BCUT2D eigenvalue weighted by atomic mass is 32.2. The molecule has 126 valence electrons. The van der Waals surface area contributed by atoms with Crippen molar-refractivity contribution >= 4 is 16.1 Å². The highest BCUT2D eigenvalue weighted by Gasteiger charge is 2.07. The van der Waals surface area contributed by atoms with Crippen LogP contribution in [0.5, 0.6) is 0 Å². The number of urea groups is 1. The SMILES string of the molecule is NS(=O)(=O)c1ccc(CNC(=O)NCCC2=CCCCC2)cc1. The van der Waals surface area contributed by atoms with Crippen LogP contribution in [0, 0.1) is 0 Å². The van der Waals surface area contributed by atoms with E-state index in [1.165, 1.54) is 30.5 Å². The van der Waals surface area contributed by atoms with E-state index in [2.05, 4.69) is 16.7 Å². The molecule has 0 spiro atoms. The molecule has 1 aromatic carbocycles. The van der Waals surface area contributed by atoms with E-state index >= 15 is 0 Å². The zero-order valence-electron chi connectivity index (χ0n) is 13.0. The van der Waals surface area contributed by atoms with E-state index in [0.29, 0.717) is 13.1 Å². The minimum absolute atomic E-state index is 0.0615. The zero-order chi connectivity index (χ0) is 16.7. The van der Waals surface area contributed by atoms with Crippen molar-refractivity contribution in [1.29, 1.82) is 0 Å². The normalized spacial score (nSPS) is 14.9. The van der Waals surface area contributed by atoms with Crippen molar-refractivity contribution < 1.29 is 13.2 Å². The molecule has 0 aromatic heterocycles. The lowest BCUT2D eigenvalue weighted by Gasteiger charge is -2.13. The summed E-state index contributed by atoms with van der Waals surface area (Å²) in [5.74, 6) is 0. The fourth-order valence-electron chi connectivity index (χ4n) is 2.51. The van der Waals surface area contributed by atoms with E-state index in [4.69, 9.17) is 5.14 Å². The Morgan fingerprint density at radius 1 is 1.13 bits per heavy atom. The maximum absolute atomic E-state index is 11.7. The van der Waals surface area contributed by atoms with Crippen molar-refractivity contribution in [2.24, 2.45) is 5.14 Å². The van der Waals surface area contributed by atoms with Gasteiger partial charge in [0.15, 0.2) is 0 Å². The van der Waals surface area contributed by atoms with Crippen LogP contribution in [-0.2, 0) is 16.6 Å². The maximum atomic E-state index is 11.7. The minimum Gasteiger partial charge on any atom is -0.338 e. The van der Waals surface area contributed by atoms with Crippen molar-refractivity contribution in [2.45, 2.75) is 43.5 Å². The second kappa shape index (κ2) is 8.12. The number of rotatable bonds is 6. The Kier molecular flexibility index (Phi) is 6.18. The highest BCUT2D eigenvalue weighted by Crippen LogP contribution is 2.19. The molecule has 7 heteroatoms. The van der Waals surface area contributed by atoms with Crippen LogP contribution in [-0.4, -0.2) is 21.0 Å². The van der Waals surface area contributed by atoms with Crippen LogP contribution in [0.4, 0.5) is 4.79 Å². The first kappa shape index (κ1) is 17.5. The average Bonchev–Trinajstić information content (AvgIpc) is 2.53. The third-order valence-electron chi connectivity index (χ3n) is 3.82. The largest absolute Gasteiger partial charge is 0.338 e. The van der Waals surface area contributed by atoms with Gasteiger partial charge >= 0.3 is 6.03 Å². The van der Waals surface area contributed by atoms with Gasteiger partial charge in [0.2, 0.25) is 10.0 Å². The van der Waals surface area contributed by atoms with Gasteiger partial charge in [-0.3, -0.25) is 0 Å². The van der Waals surface area contributed by atoms with Crippen molar-refractivity contribution in [1.82, 2.24) is 10.6 Å². The van der Waals surface area contributed by atoms with Gasteiger partial charge in [-0.1, -0.05) is 23.8 Å². The Morgan fingerprint density at radius 2 is 1.87 bits per heavy atom. The van der Waals surface area contributed by atoms with Crippen molar-refractivity contribution in [3.05, 3.63) is 41.5 Å². The van der Waals surface area contributed by atoms with Crippen molar-refractivity contribution in [3.63, 3.8) is 0 Å². The summed E-state index contributed by atoms with van der Waals surface area (Å²) >= 11 is 0. The number of hydrogen-bond donors (Lipinski definition) is 3. The first-order valence-corrected chi connectivity index (χ1v) is 9.31. The molecule has 2 rings (SSSR count). The number of nitrogens with one attached hydrogen (secondary N) is 2. The second-order valence-corrected chi connectivity index (χ2v) is 7.22. The Hall–Kier alpha value is -1.86. The molecule has 2 amide bonds. The molecule has 0 unspecified atom stereocenters. The van der Waals surface area contributed by atoms with Gasteiger partial charge in [-0.2, -0.15) is 0 Å². The number of sulfonamides is 1. The zero-order valence-corrected chi connectivity index (χ0v) is 13.9. The molecule has 0 bridgehead atoms. The van der Waals surface area contributed by atoms with Crippen molar-refractivity contribution in [3.8, 4) is 0 Å². The summed E-state index contributed by atoms with van der Waals surface area (Å²) in [6, 6.07) is 5.90. The molecule has 1 aliphatic rings. The number of amides is 2. The Balaban J connectivity index is 1.70. The molecule has 1 aromatic rings. The molecular formula is C16H23N3O3S.